The van der Waals surface area contributed by atoms with Crippen LogP contribution >= 0.6 is 0 Å². The molecule has 1 atom stereocenters. The van der Waals surface area contributed by atoms with E-state index in [4.69, 9.17) is 5.11 Å². The summed E-state index contributed by atoms with van der Waals surface area (Å²) < 4.78 is 0. The molecule has 1 amide bonds. The van der Waals surface area contributed by atoms with Crippen molar-refractivity contribution in [1.29, 1.82) is 0 Å². The van der Waals surface area contributed by atoms with Gasteiger partial charge < -0.3 is 15.4 Å². The van der Waals surface area contributed by atoms with Crippen LogP contribution in [0.2, 0.25) is 0 Å². The van der Waals surface area contributed by atoms with Gasteiger partial charge in [-0.1, -0.05) is 32.1 Å². The molecule has 1 saturated carbocycles. The lowest BCUT2D eigenvalue weighted by atomic mass is 9.84. The number of Topliss-reactive ketones (excluding diaryl/α,β-unsaturated/α-hetero) is 1. The van der Waals surface area contributed by atoms with Gasteiger partial charge in [0.1, 0.15) is 5.69 Å². The third kappa shape index (κ3) is 5.51. The number of hydrogen-bond acceptors (Lipinski definition) is 3. The number of carbonyl (C=O) groups excluding carboxylic acids is 2. The summed E-state index contributed by atoms with van der Waals surface area (Å²) in [5.41, 5.74) is 0.804. The molecule has 2 rings (SSSR count). The summed E-state index contributed by atoms with van der Waals surface area (Å²) in [6, 6.07) is 1.38. The van der Waals surface area contributed by atoms with Crippen LogP contribution in [0.3, 0.4) is 0 Å². The fourth-order valence-corrected chi connectivity index (χ4v) is 3.36. The number of carbonyl (C=O) groups is 3. The van der Waals surface area contributed by atoms with Crippen LogP contribution in [-0.2, 0) is 4.79 Å². The summed E-state index contributed by atoms with van der Waals surface area (Å²) >= 11 is 0. The SMILES string of the molecule is CC(=O)c1c[nH]c(C(=O)NC(CCC(=O)O)CC2CCCCC2)c1. The van der Waals surface area contributed by atoms with E-state index in [1.54, 1.807) is 0 Å². The van der Waals surface area contributed by atoms with Gasteiger partial charge in [0.25, 0.3) is 5.91 Å². The maximum atomic E-state index is 12.4. The monoisotopic (exact) mass is 334 g/mol. The largest absolute Gasteiger partial charge is 0.481 e. The van der Waals surface area contributed by atoms with E-state index in [1.807, 2.05) is 0 Å². The van der Waals surface area contributed by atoms with Gasteiger partial charge in [0.2, 0.25) is 0 Å². The molecule has 1 aliphatic rings. The van der Waals surface area contributed by atoms with Crippen molar-refractivity contribution in [3.63, 3.8) is 0 Å². The number of aromatic amines is 1. The summed E-state index contributed by atoms with van der Waals surface area (Å²) in [6.45, 7) is 1.45. The van der Waals surface area contributed by atoms with Gasteiger partial charge in [-0.15, -0.1) is 0 Å². The summed E-state index contributed by atoms with van der Waals surface area (Å²) in [5, 5.41) is 11.9. The number of carboxylic acids is 1. The topological polar surface area (TPSA) is 99.3 Å². The molecule has 0 bridgehead atoms. The minimum Gasteiger partial charge on any atom is -0.481 e. The van der Waals surface area contributed by atoms with Crippen LogP contribution < -0.4 is 5.32 Å². The summed E-state index contributed by atoms with van der Waals surface area (Å²) in [4.78, 5) is 37.4. The van der Waals surface area contributed by atoms with Gasteiger partial charge in [-0.3, -0.25) is 14.4 Å². The molecule has 0 radical (unpaired) electrons. The summed E-state index contributed by atoms with van der Waals surface area (Å²) in [7, 11) is 0. The lowest BCUT2D eigenvalue weighted by Crippen LogP contribution is -2.37. The Kier molecular flexibility index (Phi) is 6.58. The Morgan fingerprint density at radius 1 is 1.29 bits per heavy atom. The highest BCUT2D eigenvalue weighted by molar-refractivity contribution is 5.99. The minimum absolute atomic E-state index is 0.0427. The first-order chi connectivity index (χ1) is 11.5. The van der Waals surface area contributed by atoms with E-state index < -0.39 is 5.97 Å². The quantitative estimate of drug-likeness (QED) is 0.636. The average Bonchev–Trinajstić information content (AvgIpc) is 3.04. The van der Waals surface area contributed by atoms with Gasteiger partial charge in [-0.05, 0) is 31.7 Å². The number of hydrogen-bond donors (Lipinski definition) is 3. The molecule has 132 valence electrons. The van der Waals surface area contributed by atoms with Crippen LogP contribution in [0.4, 0.5) is 0 Å². The van der Waals surface area contributed by atoms with Crippen molar-refractivity contribution in [3.8, 4) is 0 Å². The van der Waals surface area contributed by atoms with Gasteiger partial charge >= 0.3 is 5.97 Å². The normalized spacial score (nSPS) is 16.5. The van der Waals surface area contributed by atoms with Crippen molar-refractivity contribution in [3.05, 3.63) is 23.5 Å². The third-order valence-electron chi connectivity index (χ3n) is 4.72. The zero-order valence-corrected chi connectivity index (χ0v) is 14.1. The van der Waals surface area contributed by atoms with Crippen molar-refractivity contribution in [1.82, 2.24) is 10.3 Å². The molecule has 1 heterocycles. The zero-order chi connectivity index (χ0) is 17.5. The maximum absolute atomic E-state index is 12.4. The zero-order valence-electron chi connectivity index (χ0n) is 14.1. The molecule has 0 aromatic carbocycles. The van der Waals surface area contributed by atoms with Crippen molar-refractivity contribution in [2.45, 2.75) is 64.3 Å². The second kappa shape index (κ2) is 8.66. The number of carboxylic acid groups (broad SMARTS) is 1. The number of ketones is 1. The van der Waals surface area contributed by atoms with Crippen LogP contribution in [-0.4, -0.2) is 33.8 Å². The predicted molar refractivity (Wildman–Crippen MR) is 90.1 cm³/mol. The standard InChI is InChI=1S/C18H26N2O4/c1-12(21)14-10-16(19-11-14)18(24)20-15(7-8-17(22)23)9-13-5-3-2-4-6-13/h10-11,13,15,19H,2-9H2,1H3,(H,20,24)(H,22,23). The van der Waals surface area contributed by atoms with E-state index >= 15 is 0 Å². The highest BCUT2D eigenvalue weighted by atomic mass is 16.4. The molecule has 1 unspecified atom stereocenters. The molecule has 6 nitrogen and oxygen atoms in total. The molecule has 1 fully saturated rings. The Hall–Kier alpha value is -2.11. The predicted octanol–water partition coefficient (Wildman–Crippen LogP) is 3.15. The summed E-state index contributed by atoms with van der Waals surface area (Å²) in [5.74, 6) is -0.686. The van der Waals surface area contributed by atoms with Crippen LogP contribution in [0.1, 0.15) is 79.1 Å². The van der Waals surface area contributed by atoms with Crippen molar-refractivity contribution < 1.29 is 19.5 Å². The summed E-state index contributed by atoms with van der Waals surface area (Å²) in [6.07, 6.45) is 8.79. The maximum Gasteiger partial charge on any atom is 0.303 e. The third-order valence-corrected chi connectivity index (χ3v) is 4.72. The smallest absolute Gasteiger partial charge is 0.303 e. The molecule has 3 N–H and O–H groups in total. The fourth-order valence-electron chi connectivity index (χ4n) is 3.36. The van der Waals surface area contributed by atoms with E-state index in [0.29, 0.717) is 23.6 Å². The van der Waals surface area contributed by atoms with E-state index in [1.165, 1.54) is 38.4 Å². The van der Waals surface area contributed by atoms with E-state index in [2.05, 4.69) is 10.3 Å². The Labute approximate surface area is 142 Å². The fraction of sp³-hybridized carbons (Fsp3) is 0.611. The number of H-pyrrole nitrogens is 1. The molecule has 24 heavy (non-hydrogen) atoms. The first kappa shape index (κ1) is 18.2. The highest BCUT2D eigenvalue weighted by Crippen LogP contribution is 2.28. The number of nitrogens with one attached hydrogen (secondary N) is 2. The number of rotatable bonds is 8. The first-order valence-corrected chi connectivity index (χ1v) is 8.67. The molecule has 6 heteroatoms. The van der Waals surface area contributed by atoms with Crippen molar-refractivity contribution in [2.24, 2.45) is 5.92 Å². The van der Waals surface area contributed by atoms with E-state index in [9.17, 15) is 14.4 Å². The second-order valence-electron chi connectivity index (χ2n) is 6.70. The number of aromatic nitrogens is 1. The Bertz CT molecular complexity index is 588. The van der Waals surface area contributed by atoms with Crippen LogP contribution in [0.25, 0.3) is 0 Å². The van der Waals surface area contributed by atoms with Gasteiger partial charge in [0.05, 0.1) is 0 Å². The average molecular weight is 334 g/mol. The molecule has 1 aliphatic carbocycles. The lowest BCUT2D eigenvalue weighted by Gasteiger charge is -2.27. The van der Waals surface area contributed by atoms with Crippen molar-refractivity contribution >= 4 is 17.7 Å². The van der Waals surface area contributed by atoms with Gasteiger partial charge in [0, 0.05) is 24.2 Å². The van der Waals surface area contributed by atoms with Crippen molar-refractivity contribution in [2.75, 3.05) is 0 Å². The van der Waals surface area contributed by atoms with Gasteiger partial charge in [-0.25, -0.2) is 0 Å². The molecule has 1 aromatic rings. The Balaban J connectivity index is 1.97. The number of aliphatic carboxylic acids is 1. The first-order valence-electron chi connectivity index (χ1n) is 8.67. The molecule has 1 aromatic heterocycles. The molecule has 0 aliphatic heterocycles. The minimum atomic E-state index is -0.850. The molecule has 0 saturated heterocycles. The number of amides is 1. The van der Waals surface area contributed by atoms with E-state index in [0.717, 1.165) is 19.3 Å². The van der Waals surface area contributed by atoms with Crippen LogP contribution in [0.5, 0.6) is 0 Å². The molecular formula is C18H26N2O4. The highest BCUT2D eigenvalue weighted by Gasteiger charge is 2.22. The Morgan fingerprint density at radius 3 is 2.58 bits per heavy atom. The second-order valence-corrected chi connectivity index (χ2v) is 6.70. The van der Waals surface area contributed by atoms with Crippen LogP contribution in [0, 0.1) is 5.92 Å². The Morgan fingerprint density at radius 2 is 2.00 bits per heavy atom. The molecular weight excluding hydrogens is 308 g/mol. The molecule has 0 spiro atoms. The van der Waals surface area contributed by atoms with Gasteiger partial charge in [0.15, 0.2) is 5.78 Å². The van der Waals surface area contributed by atoms with Crippen LogP contribution in [0.15, 0.2) is 12.3 Å². The van der Waals surface area contributed by atoms with E-state index in [-0.39, 0.29) is 24.2 Å². The lowest BCUT2D eigenvalue weighted by molar-refractivity contribution is -0.137. The van der Waals surface area contributed by atoms with Gasteiger partial charge in [-0.2, -0.15) is 0 Å².